The molecule has 112 valence electrons. The number of aromatic nitrogens is 4. The van der Waals surface area contributed by atoms with Crippen molar-refractivity contribution >= 4 is 11.8 Å². The van der Waals surface area contributed by atoms with Gasteiger partial charge in [0.15, 0.2) is 0 Å². The van der Waals surface area contributed by atoms with Crippen molar-refractivity contribution in [3.63, 3.8) is 0 Å². The number of hydrogen-bond donors (Lipinski definition) is 1. The van der Waals surface area contributed by atoms with E-state index in [-0.39, 0.29) is 0 Å². The highest BCUT2D eigenvalue weighted by atomic mass is 32.2. The van der Waals surface area contributed by atoms with Gasteiger partial charge in [-0.2, -0.15) is 0 Å². The van der Waals surface area contributed by atoms with E-state index >= 15 is 0 Å². The van der Waals surface area contributed by atoms with Crippen LogP contribution in [0, 0.1) is 0 Å². The smallest absolute Gasteiger partial charge is 0.208 e. The first-order valence-corrected chi connectivity index (χ1v) is 8.03. The fourth-order valence-electron chi connectivity index (χ4n) is 1.90. The summed E-state index contributed by atoms with van der Waals surface area (Å²) in [6.07, 6.45) is 4.28. The van der Waals surface area contributed by atoms with Crippen LogP contribution in [-0.4, -0.2) is 20.2 Å². The van der Waals surface area contributed by atoms with E-state index in [0.29, 0.717) is 0 Å². The molecule has 0 unspecified atom stereocenters. The number of aryl methyl sites for hydroxylation is 1. The minimum atomic E-state index is 0.728. The normalized spacial score (nSPS) is 10.6. The van der Waals surface area contributed by atoms with Gasteiger partial charge in [0.1, 0.15) is 17.3 Å². The van der Waals surface area contributed by atoms with E-state index in [1.807, 2.05) is 43.3 Å². The van der Waals surface area contributed by atoms with Crippen molar-refractivity contribution in [2.75, 3.05) is 0 Å². The van der Waals surface area contributed by atoms with Crippen LogP contribution >= 0.6 is 11.8 Å². The molecular weight excluding hydrogens is 296 g/mol. The molecule has 2 aromatic heterocycles. The molecule has 0 aliphatic carbocycles. The molecule has 0 saturated carbocycles. The molecule has 2 heterocycles. The monoisotopic (exact) mass is 312 g/mol. The number of thioether (sulfide) groups is 1. The Labute approximate surface area is 133 Å². The fraction of sp³-hybridized carbons (Fsp3) is 0.188. The van der Waals surface area contributed by atoms with Crippen molar-refractivity contribution in [2.45, 2.75) is 24.3 Å². The molecule has 1 aromatic carbocycles. The first kappa shape index (κ1) is 14.6. The molecule has 3 aromatic rings. The summed E-state index contributed by atoms with van der Waals surface area (Å²) < 4.78 is 5.90. The molecule has 22 heavy (non-hydrogen) atoms. The SMILES string of the molecule is CCc1nc(SCc2ccccc2Oc2cccnc2)n[nH]1. The topological polar surface area (TPSA) is 63.7 Å². The number of benzene rings is 1. The van der Waals surface area contributed by atoms with Gasteiger partial charge < -0.3 is 4.74 Å². The van der Waals surface area contributed by atoms with Crippen LogP contribution in [0.2, 0.25) is 0 Å². The minimum Gasteiger partial charge on any atom is -0.455 e. The Morgan fingerprint density at radius 2 is 2.09 bits per heavy atom. The lowest BCUT2D eigenvalue weighted by atomic mass is 10.2. The number of hydrogen-bond acceptors (Lipinski definition) is 5. The van der Waals surface area contributed by atoms with Crippen LogP contribution in [0.3, 0.4) is 0 Å². The van der Waals surface area contributed by atoms with Crippen molar-refractivity contribution in [3.05, 3.63) is 60.2 Å². The number of nitrogens with one attached hydrogen (secondary N) is 1. The van der Waals surface area contributed by atoms with Gasteiger partial charge in [-0.1, -0.05) is 36.9 Å². The minimum absolute atomic E-state index is 0.728. The van der Waals surface area contributed by atoms with E-state index in [2.05, 4.69) is 20.2 Å². The predicted octanol–water partition coefficient (Wildman–Crippen LogP) is 3.85. The Morgan fingerprint density at radius 3 is 2.86 bits per heavy atom. The van der Waals surface area contributed by atoms with E-state index in [1.165, 1.54) is 0 Å². The van der Waals surface area contributed by atoms with Gasteiger partial charge in [-0.25, -0.2) is 4.98 Å². The van der Waals surface area contributed by atoms with Gasteiger partial charge in [-0.05, 0) is 18.2 Å². The lowest BCUT2D eigenvalue weighted by Gasteiger charge is -2.09. The summed E-state index contributed by atoms with van der Waals surface area (Å²) >= 11 is 1.59. The summed E-state index contributed by atoms with van der Waals surface area (Å²) in [7, 11) is 0. The molecule has 0 bridgehead atoms. The molecule has 0 radical (unpaired) electrons. The zero-order valence-electron chi connectivity index (χ0n) is 12.2. The van der Waals surface area contributed by atoms with Crippen LogP contribution in [0.1, 0.15) is 18.3 Å². The van der Waals surface area contributed by atoms with E-state index < -0.39 is 0 Å². The first-order valence-electron chi connectivity index (χ1n) is 7.05. The molecule has 0 amide bonds. The van der Waals surface area contributed by atoms with E-state index in [4.69, 9.17) is 4.74 Å². The van der Waals surface area contributed by atoms with E-state index in [0.717, 1.165) is 40.2 Å². The summed E-state index contributed by atoms with van der Waals surface area (Å²) in [6, 6.07) is 11.7. The van der Waals surface area contributed by atoms with Crippen molar-refractivity contribution in [3.8, 4) is 11.5 Å². The Morgan fingerprint density at radius 1 is 1.18 bits per heavy atom. The average Bonchev–Trinajstić information content (AvgIpc) is 3.03. The van der Waals surface area contributed by atoms with Crippen molar-refractivity contribution in [1.82, 2.24) is 20.2 Å². The van der Waals surface area contributed by atoms with Gasteiger partial charge >= 0.3 is 0 Å². The van der Waals surface area contributed by atoms with Gasteiger partial charge in [-0.15, -0.1) is 5.10 Å². The Bertz CT molecular complexity index is 730. The zero-order chi connectivity index (χ0) is 15.2. The summed E-state index contributed by atoms with van der Waals surface area (Å²) in [6.45, 7) is 2.05. The molecular formula is C16H16N4OS. The summed E-state index contributed by atoms with van der Waals surface area (Å²) in [5.74, 6) is 3.21. The second-order valence-electron chi connectivity index (χ2n) is 4.61. The lowest BCUT2D eigenvalue weighted by molar-refractivity contribution is 0.476. The second-order valence-corrected chi connectivity index (χ2v) is 5.55. The lowest BCUT2D eigenvalue weighted by Crippen LogP contribution is -1.91. The molecule has 0 aliphatic heterocycles. The van der Waals surface area contributed by atoms with Crippen molar-refractivity contribution in [2.24, 2.45) is 0 Å². The number of nitrogens with zero attached hydrogens (tertiary/aromatic N) is 3. The summed E-state index contributed by atoms with van der Waals surface area (Å²) in [5.41, 5.74) is 1.10. The Kier molecular flexibility index (Phi) is 4.70. The third-order valence-corrected chi connectivity index (χ3v) is 3.93. The van der Waals surface area contributed by atoms with E-state index in [9.17, 15) is 0 Å². The van der Waals surface area contributed by atoms with Gasteiger partial charge in [0.05, 0.1) is 6.20 Å². The molecule has 5 nitrogen and oxygen atoms in total. The fourth-order valence-corrected chi connectivity index (χ4v) is 2.71. The number of pyridine rings is 1. The van der Waals surface area contributed by atoms with E-state index in [1.54, 1.807) is 24.2 Å². The van der Waals surface area contributed by atoms with Crippen LogP contribution in [-0.2, 0) is 12.2 Å². The average molecular weight is 312 g/mol. The Hall–Kier alpha value is -2.34. The van der Waals surface area contributed by atoms with Crippen molar-refractivity contribution in [1.29, 1.82) is 0 Å². The quantitative estimate of drug-likeness (QED) is 0.700. The molecule has 1 N–H and O–H groups in total. The first-order chi connectivity index (χ1) is 10.8. The van der Waals surface area contributed by atoms with Crippen molar-refractivity contribution < 1.29 is 4.74 Å². The van der Waals surface area contributed by atoms with Crippen LogP contribution in [0.4, 0.5) is 0 Å². The highest BCUT2D eigenvalue weighted by Gasteiger charge is 2.08. The molecule has 3 rings (SSSR count). The van der Waals surface area contributed by atoms with Crippen LogP contribution in [0.25, 0.3) is 0 Å². The largest absolute Gasteiger partial charge is 0.455 e. The van der Waals surface area contributed by atoms with Gasteiger partial charge in [0, 0.05) is 23.9 Å². The Balaban J connectivity index is 1.71. The number of rotatable bonds is 6. The summed E-state index contributed by atoms with van der Waals surface area (Å²) in [4.78, 5) is 8.46. The van der Waals surface area contributed by atoms with Gasteiger partial charge in [0.25, 0.3) is 0 Å². The van der Waals surface area contributed by atoms with Crippen LogP contribution in [0.5, 0.6) is 11.5 Å². The molecule has 0 saturated heterocycles. The standard InChI is InChI=1S/C16H16N4OS/c1-2-15-18-16(20-19-15)22-11-12-6-3-4-8-14(12)21-13-7-5-9-17-10-13/h3-10H,2,11H2,1H3,(H,18,19,20). The number of para-hydroxylation sites is 1. The molecule has 0 aliphatic rings. The highest BCUT2D eigenvalue weighted by Crippen LogP contribution is 2.29. The third-order valence-electron chi connectivity index (χ3n) is 3.04. The van der Waals surface area contributed by atoms with Gasteiger partial charge in [0.2, 0.25) is 5.16 Å². The second kappa shape index (κ2) is 7.09. The van der Waals surface area contributed by atoms with Gasteiger partial charge in [-0.3, -0.25) is 10.1 Å². The zero-order valence-corrected chi connectivity index (χ0v) is 13.0. The maximum Gasteiger partial charge on any atom is 0.208 e. The molecule has 0 spiro atoms. The number of ether oxygens (including phenoxy) is 1. The maximum atomic E-state index is 5.90. The molecule has 6 heteroatoms. The third kappa shape index (κ3) is 3.65. The molecule has 0 fully saturated rings. The van der Waals surface area contributed by atoms with Crippen LogP contribution < -0.4 is 4.74 Å². The van der Waals surface area contributed by atoms with Crippen LogP contribution in [0.15, 0.2) is 53.9 Å². The molecule has 0 atom stereocenters. The number of H-pyrrole nitrogens is 1. The maximum absolute atomic E-state index is 5.90. The highest BCUT2D eigenvalue weighted by molar-refractivity contribution is 7.98. The predicted molar refractivity (Wildman–Crippen MR) is 86.1 cm³/mol. The summed E-state index contributed by atoms with van der Waals surface area (Å²) in [5, 5.41) is 7.87. The number of aromatic amines is 1.